The van der Waals surface area contributed by atoms with Gasteiger partial charge >= 0.3 is 0 Å². The van der Waals surface area contributed by atoms with Crippen molar-refractivity contribution in [3.05, 3.63) is 53.3 Å². The van der Waals surface area contributed by atoms with Crippen LogP contribution in [0.15, 0.2) is 36.4 Å². The third-order valence-electron chi connectivity index (χ3n) is 3.51. The first-order valence-corrected chi connectivity index (χ1v) is 7.17. The monoisotopic (exact) mass is 270 g/mol. The molecule has 0 saturated heterocycles. The number of hydrogen-bond acceptors (Lipinski definition) is 1. The molecule has 1 amide bonds. The van der Waals surface area contributed by atoms with Crippen LogP contribution in [0.3, 0.4) is 0 Å². The Bertz CT molecular complexity index is 585. The second-order valence-electron chi connectivity index (χ2n) is 5.07. The minimum Gasteiger partial charge on any atom is -0.352 e. The van der Waals surface area contributed by atoms with Gasteiger partial charge in [0.05, 0.1) is 5.56 Å². The zero-order chi connectivity index (χ0) is 14.5. The van der Waals surface area contributed by atoms with Crippen molar-refractivity contribution in [1.29, 1.82) is 0 Å². The maximum Gasteiger partial charge on any atom is 0.253 e. The fourth-order valence-electron chi connectivity index (χ4n) is 2.44. The molecule has 0 saturated carbocycles. The lowest BCUT2D eigenvalue weighted by atomic mass is 10.2. The molecule has 0 bridgehead atoms. The van der Waals surface area contributed by atoms with Gasteiger partial charge in [0.15, 0.2) is 0 Å². The van der Waals surface area contributed by atoms with Crippen LogP contribution in [0.4, 0.5) is 0 Å². The van der Waals surface area contributed by atoms with Gasteiger partial charge in [-0.25, -0.2) is 0 Å². The number of aromatic nitrogens is 1. The van der Waals surface area contributed by atoms with Gasteiger partial charge in [-0.15, -0.1) is 0 Å². The Morgan fingerprint density at radius 3 is 2.55 bits per heavy atom. The molecular weight excluding hydrogens is 248 g/mol. The van der Waals surface area contributed by atoms with Crippen LogP contribution in [0, 0.1) is 13.8 Å². The summed E-state index contributed by atoms with van der Waals surface area (Å²) in [7, 11) is 0. The van der Waals surface area contributed by atoms with Crippen molar-refractivity contribution < 1.29 is 4.79 Å². The van der Waals surface area contributed by atoms with Crippen molar-refractivity contribution in [2.75, 3.05) is 6.54 Å². The fourth-order valence-corrected chi connectivity index (χ4v) is 2.44. The van der Waals surface area contributed by atoms with E-state index in [9.17, 15) is 4.79 Å². The van der Waals surface area contributed by atoms with E-state index in [4.69, 9.17) is 0 Å². The summed E-state index contributed by atoms with van der Waals surface area (Å²) in [6.45, 7) is 6.88. The number of nitrogens with one attached hydrogen (secondary N) is 1. The van der Waals surface area contributed by atoms with E-state index in [2.05, 4.69) is 28.9 Å². The van der Waals surface area contributed by atoms with Gasteiger partial charge in [0.25, 0.3) is 5.91 Å². The van der Waals surface area contributed by atoms with E-state index in [0.29, 0.717) is 0 Å². The number of unbranched alkanes of at least 4 members (excludes halogenated alkanes) is 1. The first kappa shape index (κ1) is 14.4. The molecule has 0 aliphatic heterocycles. The molecule has 0 fully saturated rings. The van der Waals surface area contributed by atoms with Gasteiger partial charge in [-0.1, -0.05) is 31.5 Å². The van der Waals surface area contributed by atoms with E-state index in [-0.39, 0.29) is 5.91 Å². The van der Waals surface area contributed by atoms with Crippen molar-refractivity contribution in [2.24, 2.45) is 0 Å². The molecule has 0 radical (unpaired) electrons. The fraction of sp³-hybridized carbons (Fsp3) is 0.353. The Labute approximate surface area is 120 Å². The lowest BCUT2D eigenvalue weighted by Gasteiger charge is -2.09. The summed E-state index contributed by atoms with van der Waals surface area (Å²) >= 11 is 0. The standard InChI is InChI=1S/C17H22N2O/c1-4-5-11-18-17(20)16-12-13(2)19(14(16)3)15-9-7-6-8-10-15/h6-10,12H,4-5,11H2,1-3H3,(H,18,20). The Kier molecular flexibility index (Phi) is 4.61. The van der Waals surface area contributed by atoms with Crippen LogP contribution in [0.5, 0.6) is 0 Å². The smallest absolute Gasteiger partial charge is 0.253 e. The Balaban J connectivity index is 2.27. The zero-order valence-corrected chi connectivity index (χ0v) is 12.4. The van der Waals surface area contributed by atoms with E-state index < -0.39 is 0 Å². The quantitative estimate of drug-likeness (QED) is 0.827. The molecule has 0 aliphatic rings. The van der Waals surface area contributed by atoms with Crippen molar-refractivity contribution in [2.45, 2.75) is 33.6 Å². The minimum absolute atomic E-state index is 0.0220. The minimum atomic E-state index is 0.0220. The zero-order valence-electron chi connectivity index (χ0n) is 12.4. The van der Waals surface area contributed by atoms with E-state index in [0.717, 1.165) is 42.0 Å². The van der Waals surface area contributed by atoms with E-state index in [1.807, 2.05) is 38.1 Å². The lowest BCUT2D eigenvalue weighted by Crippen LogP contribution is -2.24. The molecule has 20 heavy (non-hydrogen) atoms. The highest BCUT2D eigenvalue weighted by atomic mass is 16.1. The summed E-state index contributed by atoms with van der Waals surface area (Å²) < 4.78 is 2.12. The number of rotatable bonds is 5. The lowest BCUT2D eigenvalue weighted by molar-refractivity contribution is 0.0952. The maximum absolute atomic E-state index is 12.2. The number of amides is 1. The Morgan fingerprint density at radius 2 is 1.90 bits per heavy atom. The average molecular weight is 270 g/mol. The third-order valence-corrected chi connectivity index (χ3v) is 3.51. The molecule has 3 heteroatoms. The average Bonchev–Trinajstić information content (AvgIpc) is 2.75. The number of carbonyl (C=O) groups is 1. The molecule has 1 aromatic carbocycles. The van der Waals surface area contributed by atoms with Crippen LogP contribution in [-0.4, -0.2) is 17.0 Å². The van der Waals surface area contributed by atoms with E-state index in [1.165, 1.54) is 0 Å². The number of hydrogen-bond donors (Lipinski definition) is 1. The Hall–Kier alpha value is -2.03. The summed E-state index contributed by atoms with van der Waals surface area (Å²) in [6, 6.07) is 12.1. The molecular formula is C17H22N2O. The van der Waals surface area contributed by atoms with Crippen LogP contribution in [-0.2, 0) is 0 Å². The first-order chi connectivity index (χ1) is 9.65. The molecule has 1 heterocycles. The van der Waals surface area contributed by atoms with Crippen LogP contribution in [0.25, 0.3) is 5.69 Å². The predicted molar refractivity (Wildman–Crippen MR) is 82.5 cm³/mol. The maximum atomic E-state index is 12.2. The van der Waals surface area contributed by atoms with Crippen molar-refractivity contribution >= 4 is 5.91 Å². The van der Waals surface area contributed by atoms with Gasteiger partial charge in [-0.05, 0) is 38.5 Å². The molecule has 0 unspecified atom stereocenters. The summed E-state index contributed by atoms with van der Waals surface area (Å²) in [4.78, 5) is 12.2. The van der Waals surface area contributed by atoms with Gasteiger partial charge in [0.1, 0.15) is 0 Å². The molecule has 0 spiro atoms. The second-order valence-corrected chi connectivity index (χ2v) is 5.07. The van der Waals surface area contributed by atoms with E-state index >= 15 is 0 Å². The molecule has 106 valence electrons. The van der Waals surface area contributed by atoms with Gasteiger partial charge in [-0.2, -0.15) is 0 Å². The van der Waals surface area contributed by atoms with Gasteiger partial charge < -0.3 is 9.88 Å². The van der Waals surface area contributed by atoms with Crippen LogP contribution in [0.1, 0.15) is 41.5 Å². The highest BCUT2D eigenvalue weighted by molar-refractivity contribution is 5.95. The highest BCUT2D eigenvalue weighted by Crippen LogP contribution is 2.20. The topological polar surface area (TPSA) is 34.0 Å². The predicted octanol–water partition coefficient (Wildman–Crippen LogP) is 3.62. The molecule has 0 aliphatic carbocycles. The molecule has 3 nitrogen and oxygen atoms in total. The molecule has 2 rings (SSSR count). The van der Waals surface area contributed by atoms with Crippen molar-refractivity contribution in [3.63, 3.8) is 0 Å². The number of nitrogens with zero attached hydrogens (tertiary/aromatic N) is 1. The first-order valence-electron chi connectivity index (χ1n) is 7.17. The number of aryl methyl sites for hydroxylation is 1. The van der Waals surface area contributed by atoms with Crippen molar-refractivity contribution in [3.8, 4) is 5.69 Å². The molecule has 1 aromatic heterocycles. The number of para-hydroxylation sites is 1. The molecule has 0 atom stereocenters. The molecule has 2 aromatic rings. The van der Waals surface area contributed by atoms with Crippen LogP contribution in [0.2, 0.25) is 0 Å². The van der Waals surface area contributed by atoms with Crippen molar-refractivity contribution in [1.82, 2.24) is 9.88 Å². The summed E-state index contributed by atoms with van der Waals surface area (Å²) in [5, 5.41) is 2.98. The number of carbonyl (C=O) groups excluding carboxylic acids is 1. The Morgan fingerprint density at radius 1 is 1.20 bits per heavy atom. The number of benzene rings is 1. The molecule has 1 N–H and O–H groups in total. The van der Waals surface area contributed by atoms with Gasteiger partial charge in [0, 0.05) is 23.6 Å². The second kappa shape index (κ2) is 6.42. The third kappa shape index (κ3) is 2.93. The summed E-state index contributed by atoms with van der Waals surface area (Å²) in [5.74, 6) is 0.0220. The largest absolute Gasteiger partial charge is 0.352 e. The SMILES string of the molecule is CCCCNC(=O)c1cc(C)n(-c2ccccc2)c1C. The van der Waals surface area contributed by atoms with Gasteiger partial charge in [-0.3, -0.25) is 4.79 Å². The van der Waals surface area contributed by atoms with Crippen LogP contribution < -0.4 is 5.32 Å². The van der Waals surface area contributed by atoms with E-state index in [1.54, 1.807) is 0 Å². The summed E-state index contributed by atoms with van der Waals surface area (Å²) in [5.41, 5.74) is 3.93. The van der Waals surface area contributed by atoms with Gasteiger partial charge in [0.2, 0.25) is 0 Å². The van der Waals surface area contributed by atoms with Crippen LogP contribution >= 0.6 is 0 Å². The summed E-state index contributed by atoms with van der Waals surface area (Å²) in [6.07, 6.45) is 2.10. The normalized spacial score (nSPS) is 10.6. The highest BCUT2D eigenvalue weighted by Gasteiger charge is 2.15.